The van der Waals surface area contributed by atoms with Crippen LogP contribution in [0.2, 0.25) is 0 Å². The molecule has 0 saturated heterocycles. The van der Waals surface area contributed by atoms with E-state index in [4.69, 9.17) is 0 Å². The van der Waals surface area contributed by atoms with Gasteiger partial charge in [-0.25, -0.2) is 0 Å². The van der Waals surface area contributed by atoms with Gasteiger partial charge in [0.25, 0.3) is 0 Å². The maximum atomic E-state index is 10.8. The third kappa shape index (κ3) is 7.37. The number of hydrogen-bond acceptors (Lipinski definition) is 1. The van der Waals surface area contributed by atoms with Gasteiger partial charge in [-0.3, -0.25) is 4.79 Å². The molecule has 0 rings (SSSR count). The Bertz CT molecular complexity index is 124. The molecule has 0 aromatic carbocycles. The van der Waals surface area contributed by atoms with Crippen molar-refractivity contribution in [1.29, 1.82) is 0 Å². The fourth-order valence-corrected chi connectivity index (χ4v) is 0.904. The Kier molecular flexibility index (Phi) is 4.16. The molecule has 0 spiro atoms. The second kappa shape index (κ2) is 4.37. The van der Waals surface area contributed by atoms with Crippen LogP contribution in [0.5, 0.6) is 0 Å². The first-order valence-electron chi connectivity index (χ1n) is 4.16. The van der Waals surface area contributed by atoms with Crippen LogP contribution in [0, 0.1) is 5.41 Å². The number of amides is 1. The lowest BCUT2D eigenvalue weighted by molar-refractivity contribution is -0.120. The van der Waals surface area contributed by atoms with Gasteiger partial charge < -0.3 is 5.32 Å². The van der Waals surface area contributed by atoms with Crippen molar-refractivity contribution in [2.24, 2.45) is 5.41 Å². The Morgan fingerprint density at radius 2 is 1.91 bits per heavy atom. The molecule has 0 saturated carbocycles. The van der Waals surface area contributed by atoms with E-state index < -0.39 is 0 Å². The van der Waals surface area contributed by atoms with E-state index in [1.807, 2.05) is 0 Å². The van der Waals surface area contributed by atoms with Crippen molar-refractivity contribution >= 4 is 5.91 Å². The predicted octanol–water partition coefficient (Wildman–Crippen LogP) is 1.95. The van der Waals surface area contributed by atoms with Gasteiger partial charge in [0.2, 0.25) is 5.91 Å². The van der Waals surface area contributed by atoms with Crippen molar-refractivity contribution in [3.63, 3.8) is 0 Å². The van der Waals surface area contributed by atoms with Gasteiger partial charge in [-0.2, -0.15) is 0 Å². The lowest BCUT2D eigenvalue weighted by Gasteiger charge is -2.16. The SMILES string of the molecule is CNC(=O)CCCC(C)(C)C. The molecular weight excluding hydrogens is 138 g/mol. The first-order chi connectivity index (χ1) is 4.95. The van der Waals surface area contributed by atoms with Crippen LogP contribution in [0.1, 0.15) is 40.0 Å². The normalized spacial score (nSPS) is 11.3. The Hall–Kier alpha value is -0.530. The topological polar surface area (TPSA) is 29.1 Å². The summed E-state index contributed by atoms with van der Waals surface area (Å²) in [6.07, 6.45) is 2.76. The Morgan fingerprint density at radius 1 is 1.36 bits per heavy atom. The summed E-state index contributed by atoms with van der Waals surface area (Å²) in [5, 5.41) is 2.61. The molecule has 66 valence electrons. The lowest BCUT2D eigenvalue weighted by Crippen LogP contribution is -2.18. The van der Waals surface area contributed by atoms with Crippen molar-refractivity contribution in [3.05, 3.63) is 0 Å². The largest absolute Gasteiger partial charge is 0.359 e. The quantitative estimate of drug-likeness (QED) is 0.666. The van der Waals surface area contributed by atoms with Gasteiger partial charge in [0.05, 0.1) is 0 Å². The molecule has 0 aromatic rings. The second-order valence-electron chi connectivity index (χ2n) is 4.09. The summed E-state index contributed by atoms with van der Waals surface area (Å²) >= 11 is 0. The minimum absolute atomic E-state index is 0.147. The van der Waals surface area contributed by atoms with Crippen LogP contribution in [-0.2, 0) is 4.79 Å². The summed E-state index contributed by atoms with van der Waals surface area (Å²) < 4.78 is 0. The predicted molar refractivity (Wildman–Crippen MR) is 47.4 cm³/mol. The van der Waals surface area contributed by atoms with Gasteiger partial charge in [-0.15, -0.1) is 0 Å². The highest BCUT2D eigenvalue weighted by Crippen LogP contribution is 2.21. The zero-order valence-electron chi connectivity index (χ0n) is 8.03. The molecular formula is C9H19NO. The van der Waals surface area contributed by atoms with Gasteiger partial charge in [-0.1, -0.05) is 20.8 Å². The third-order valence-electron chi connectivity index (χ3n) is 1.61. The second-order valence-corrected chi connectivity index (χ2v) is 4.09. The molecule has 0 fully saturated rings. The van der Waals surface area contributed by atoms with E-state index in [0.717, 1.165) is 12.8 Å². The Labute approximate surface area is 69.4 Å². The lowest BCUT2D eigenvalue weighted by atomic mass is 9.90. The molecule has 0 unspecified atom stereocenters. The number of nitrogens with one attached hydrogen (secondary N) is 1. The maximum absolute atomic E-state index is 10.8. The molecule has 0 aliphatic carbocycles. The summed E-state index contributed by atoms with van der Waals surface area (Å²) in [4.78, 5) is 10.8. The number of rotatable bonds is 3. The van der Waals surface area contributed by atoms with E-state index in [-0.39, 0.29) is 5.91 Å². The average molecular weight is 157 g/mol. The number of hydrogen-bond donors (Lipinski definition) is 1. The summed E-state index contributed by atoms with van der Waals surface area (Å²) in [5.41, 5.74) is 0.355. The van der Waals surface area contributed by atoms with Crippen LogP contribution in [0.15, 0.2) is 0 Å². The molecule has 0 bridgehead atoms. The minimum Gasteiger partial charge on any atom is -0.359 e. The van der Waals surface area contributed by atoms with Crippen molar-refractivity contribution in [2.75, 3.05) is 7.05 Å². The van der Waals surface area contributed by atoms with Crippen molar-refractivity contribution < 1.29 is 4.79 Å². The first-order valence-corrected chi connectivity index (χ1v) is 4.16. The monoisotopic (exact) mass is 157 g/mol. The molecule has 1 N–H and O–H groups in total. The molecule has 2 nitrogen and oxygen atoms in total. The van der Waals surface area contributed by atoms with E-state index in [1.165, 1.54) is 0 Å². The van der Waals surface area contributed by atoms with Crippen LogP contribution in [0.3, 0.4) is 0 Å². The van der Waals surface area contributed by atoms with E-state index in [1.54, 1.807) is 7.05 Å². The van der Waals surface area contributed by atoms with Crippen LogP contribution >= 0.6 is 0 Å². The standard InChI is InChI=1S/C9H19NO/c1-9(2,3)7-5-6-8(11)10-4/h5-7H2,1-4H3,(H,10,11). The molecule has 0 radical (unpaired) electrons. The highest BCUT2D eigenvalue weighted by atomic mass is 16.1. The highest BCUT2D eigenvalue weighted by Gasteiger charge is 2.09. The van der Waals surface area contributed by atoms with Crippen LogP contribution in [0.25, 0.3) is 0 Å². The summed E-state index contributed by atoms with van der Waals surface area (Å²) in [7, 11) is 1.68. The van der Waals surface area contributed by atoms with E-state index >= 15 is 0 Å². The fraction of sp³-hybridized carbons (Fsp3) is 0.889. The van der Waals surface area contributed by atoms with Crippen molar-refractivity contribution in [2.45, 2.75) is 40.0 Å². The smallest absolute Gasteiger partial charge is 0.219 e. The van der Waals surface area contributed by atoms with Crippen molar-refractivity contribution in [3.8, 4) is 0 Å². The Balaban J connectivity index is 3.35. The molecule has 0 atom stereocenters. The highest BCUT2D eigenvalue weighted by molar-refractivity contribution is 5.75. The van der Waals surface area contributed by atoms with E-state index in [0.29, 0.717) is 11.8 Å². The molecule has 0 aromatic heterocycles. The minimum atomic E-state index is 0.147. The third-order valence-corrected chi connectivity index (χ3v) is 1.61. The molecule has 0 aliphatic rings. The number of carbonyl (C=O) groups is 1. The summed E-state index contributed by atoms with van der Waals surface area (Å²) in [5.74, 6) is 0.147. The van der Waals surface area contributed by atoms with Gasteiger partial charge >= 0.3 is 0 Å². The van der Waals surface area contributed by atoms with Crippen LogP contribution in [0.4, 0.5) is 0 Å². The van der Waals surface area contributed by atoms with Gasteiger partial charge in [0.15, 0.2) is 0 Å². The van der Waals surface area contributed by atoms with E-state index in [2.05, 4.69) is 26.1 Å². The molecule has 1 amide bonds. The number of carbonyl (C=O) groups excluding carboxylic acids is 1. The first kappa shape index (κ1) is 10.5. The molecule has 11 heavy (non-hydrogen) atoms. The van der Waals surface area contributed by atoms with Crippen LogP contribution in [-0.4, -0.2) is 13.0 Å². The summed E-state index contributed by atoms with van der Waals surface area (Å²) in [6, 6.07) is 0. The molecule has 0 aliphatic heterocycles. The fourth-order valence-electron chi connectivity index (χ4n) is 0.904. The summed E-state index contributed by atoms with van der Waals surface area (Å²) in [6.45, 7) is 6.57. The van der Waals surface area contributed by atoms with Crippen molar-refractivity contribution in [1.82, 2.24) is 5.32 Å². The van der Waals surface area contributed by atoms with Gasteiger partial charge in [0.1, 0.15) is 0 Å². The Morgan fingerprint density at radius 3 is 2.27 bits per heavy atom. The molecule has 0 heterocycles. The molecule has 2 heteroatoms. The van der Waals surface area contributed by atoms with E-state index in [9.17, 15) is 4.79 Å². The van der Waals surface area contributed by atoms with Crippen LogP contribution < -0.4 is 5.32 Å². The average Bonchev–Trinajstić information content (AvgIpc) is 1.85. The zero-order chi connectivity index (χ0) is 8.91. The van der Waals surface area contributed by atoms with Gasteiger partial charge in [0, 0.05) is 13.5 Å². The van der Waals surface area contributed by atoms with Gasteiger partial charge in [-0.05, 0) is 18.3 Å². The zero-order valence-corrected chi connectivity index (χ0v) is 8.03. The maximum Gasteiger partial charge on any atom is 0.219 e.